The van der Waals surface area contributed by atoms with E-state index in [9.17, 15) is 13.2 Å². The van der Waals surface area contributed by atoms with Crippen LogP contribution in [0.2, 0.25) is 10.0 Å². The van der Waals surface area contributed by atoms with E-state index in [1.165, 1.54) is 12.1 Å². The first kappa shape index (κ1) is 13.5. The molecule has 1 aliphatic rings. The molecule has 0 unspecified atom stereocenters. The summed E-state index contributed by atoms with van der Waals surface area (Å²) >= 11 is 11.6. The van der Waals surface area contributed by atoms with Crippen molar-refractivity contribution in [3.8, 4) is 0 Å². The number of carboxylic acid groups (broad SMARTS) is 1. The van der Waals surface area contributed by atoms with Crippen LogP contribution in [0, 0.1) is 0 Å². The minimum atomic E-state index is -3.37. The second-order valence-corrected chi connectivity index (χ2v) is 6.63. The molecule has 1 fully saturated rings. The van der Waals surface area contributed by atoms with Gasteiger partial charge in [-0.05, 0) is 18.6 Å². The number of hydrogen-bond acceptors (Lipinski definition) is 3. The van der Waals surface area contributed by atoms with Crippen LogP contribution in [0.4, 0.5) is 5.69 Å². The van der Waals surface area contributed by atoms with Crippen LogP contribution in [0.3, 0.4) is 0 Å². The Labute approximate surface area is 114 Å². The van der Waals surface area contributed by atoms with Gasteiger partial charge in [0.05, 0.1) is 27.0 Å². The first-order valence-electron chi connectivity index (χ1n) is 5.05. The first-order valence-corrected chi connectivity index (χ1v) is 7.42. The molecular weight excluding hydrogens is 301 g/mol. The summed E-state index contributed by atoms with van der Waals surface area (Å²) in [6.07, 6.45) is 0.505. The number of nitrogens with zero attached hydrogens (tertiary/aromatic N) is 1. The number of carboxylic acids is 1. The molecule has 1 heterocycles. The number of sulfonamides is 1. The van der Waals surface area contributed by atoms with Gasteiger partial charge in [0, 0.05) is 6.54 Å². The lowest BCUT2D eigenvalue weighted by atomic mass is 10.2. The molecule has 1 aromatic rings. The standard InChI is InChI=1S/C10H9Cl2NO4S/c11-8-5-6(4-7(9(8)12)10(14)15)13-2-1-3-18(13,16)17/h4-5H,1-3H2,(H,14,15). The van der Waals surface area contributed by atoms with Crippen molar-refractivity contribution in [2.24, 2.45) is 0 Å². The Morgan fingerprint density at radius 2 is 2.00 bits per heavy atom. The molecule has 0 aliphatic carbocycles. The van der Waals surface area contributed by atoms with Gasteiger partial charge < -0.3 is 5.11 Å². The predicted octanol–water partition coefficient (Wildman–Crippen LogP) is 2.23. The summed E-state index contributed by atoms with van der Waals surface area (Å²) in [5.74, 6) is -1.20. The Morgan fingerprint density at radius 1 is 1.33 bits per heavy atom. The Hall–Kier alpha value is -0.980. The summed E-state index contributed by atoms with van der Waals surface area (Å²) in [5.41, 5.74) is 0.0283. The van der Waals surface area contributed by atoms with Crippen molar-refractivity contribution in [1.82, 2.24) is 0 Å². The van der Waals surface area contributed by atoms with Crippen LogP contribution in [0.15, 0.2) is 12.1 Å². The van der Waals surface area contributed by atoms with Gasteiger partial charge in [0.2, 0.25) is 10.0 Å². The number of hydrogen-bond donors (Lipinski definition) is 1. The van der Waals surface area contributed by atoms with Gasteiger partial charge in [-0.2, -0.15) is 0 Å². The molecule has 0 radical (unpaired) electrons. The average molecular weight is 310 g/mol. The topological polar surface area (TPSA) is 74.7 Å². The molecule has 1 aliphatic heterocycles. The summed E-state index contributed by atoms with van der Waals surface area (Å²) in [4.78, 5) is 11.0. The number of carbonyl (C=O) groups is 1. The van der Waals surface area contributed by atoms with Crippen LogP contribution in [-0.2, 0) is 10.0 Å². The molecule has 18 heavy (non-hydrogen) atoms. The third kappa shape index (κ3) is 2.28. The molecule has 1 saturated heterocycles. The highest BCUT2D eigenvalue weighted by Crippen LogP contribution is 2.34. The zero-order valence-corrected chi connectivity index (χ0v) is 11.4. The SMILES string of the molecule is O=C(O)c1cc(N2CCCS2(=O)=O)cc(Cl)c1Cl. The Balaban J connectivity index is 2.56. The molecule has 8 heteroatoms. The number of rotatable bonds is 2. The minimum absolute atomic E-state index is 0.0219. The van der Waals surface area contributed by atoms with E-state index in [0.717, 1.165) is 4.31 Å². The maximum atomic E-state index is 11.7. The molecule has 0 saturated carbocycles. The van der Waals surface area contributed by atoms with Crippen molar-refractivity contribution in [2.75, 3.05) is 16.6 Å². The Bertz CT molecular complexity index is 615. The summed E-state index contributed by atoms with van der Waals surface area (Å²) in [6.45, 7) is 0.319. The smallest absolute Gasteiger partial charge is 0.337 e. The number of benzene rings is 1. The van der Waals surface area contributed by atoms with Gasteiger partial charge in [-0.3, -0.25) is 4.31 Å². The minimum Gasteiger partial charge on any atom is -0.478 e. The van der Waals surface area contributed by atoms with Crippen molar-refractivity contribution in [3.05, 3.63) is 27.7 Å². The van der Waals surface area contributed by atoms with Crippen LogP contribution in [0.25, 0.3) is 0 Å². The summed E-state index contributed by atoms with van der Waals surface area (Å²) in [7, 11) is -3.37. The predicted molar refractivity (Wildman–Crippen MR) is 69.2 cm³/mol. The number of halogens is 2. The molecular formula is C10H9Cl2NO4S. The van der Waals surface area contributed by atoms with Crippen LogP contribution in [0.5, 0.6) is 0 Å². The summed E-state index contributed by atoms with van der Waals surface area (Å²) in [5, 5.41) is 8.91. The first-order chi connectivity index (χ1) is 8.33. The second-order valence-electron chi connectivity index (χ2n) is 3.84. The number of anilines is 1. The van der Waals surface area contributed by atoms with E-state index in [0.29, 0.717) is 13.0 Å². The van der Waals surface area contributed by atoms with Crippen molar-refractivity contribution in [3.63, 3.8) is 0 Å². The van der Waals surface area contributed by atoms with Crippen LogP contribution in [0.1, 0.15) is 16.8 Å². The van der Waals surface area contributed by atoms with Crippen molar-refractivity contribution in [1.29, 1.82) is 0 Å². The largest absolute Gasteiger partial charge is 0.478 e. The highest BCUT2D eigenvalue weighted by molar-refractivity contribution is 7.93. The Kier molecular flexibility index (Phi) is 3.44. The lowest BCUT2D eigenvalue weighted by molar-refractivity contribution is 0.0697. The van der Waals surface area contributed by atoms with E-state index in [2.05, 4.69) is 0 Å². The fourth-order valence-corrected chi connectivity index (χ4v) is 3.76. The lowest BCUT2D eigenvalue weighted by Gasteiger charge is -2.18. The van der Waals surface area contributed by atoms with Gasteiger partial charge in [-0.15, -0.1) is 0 Å². The molecule has 0 amide bonds. The van der Waals surface area contributed by atoms with Crippen LogP contribution in [-0.4, -0.2) is 31.8 Å². The summed E-state index contributed by atoms with van der Waals surface area (Å²) in [6, 6.07) is 2.58. The van der Waals surface area contributed by atoms with Gasteiger partial charge in [-0.1, -0.05) is 23.2 Å². The van der Waals surface area contributed by atoms with Crippen molar-refractivity contribution < 1.29 is 18.3 Å². The highest BCUT2D eigenvalue weighted by atomic mass is 35.5. The maximum Gasteiger partial charge on any atom is 0.337 e. The van der Waals surface area contributed by atoms with Crippen LogP contribution < -0.4 is 4.31 Å². The van der Waals surface area contributed by atoms with E-state index in [1.54, 1.807) is 0 Å². The fourth-order valence-electron chi connectivity index (χ4n) is 1.80. The molecule has 2 rings (SSSR count). The molecule has 98 valence electrons. The van der Waals surface area contributed by atoms with Crippen molar-refractivity contribution >= 4 is 44.9 Å². The van der Waals surface area contributed by atoms with E-state index in [-0.39, 0.29) is 27.0 Å². The zero-order chi connectivity index (χ0) is 13.5. The fraction of sp³-hybridized carbons (Fsp3) is 0.300. The van der Waals surface area contributed by atoms with Crippen molar-refractivity contribution in [2.45, 2.75) is 6.42 Å². The van der Waals surface area contributed by atoms with Gasteiger partial charge in [0.15, 0.2) is 0 Å². The van der Waals surface area contributed by atoms with Gasteiger partial charge in [0.25, 0.3) is 0 Å². The molecule has 0 atom stereocenters. The van der Waals surface area contributed by atoms with E-state index < -0.39 is 16.0 Å². The molecule has 0 spiro atoms. The Morgan fingerprint density at radius 3 is 2.50 bits per heavy atom. The molecule has 0 aromatic heterocycles. The van der Waals surface area contributed by atoms with Crippen LogP contribution >= 0.6 is 23.2 Å². The quantitative estimate of drug-likeness (QED) is 0.909. The molecule has 1 aromatic carbocycles. The third-order valence-corrected chi connectivity index (χ3v) is 5.30. The molecule has 0 bridgehead atoms. The van der Waals surface area contributed by atoms with Gasteiger partial charge >= 0.3 is 5.97 Å². The zero-order valence-electron chi connectivity index (χ0n) is 9.06. The molecule has 1 N–H and O–H groups in total. The second kappa shape index (κ2) is 4.60. The summed E-state index contributed by atoms with van der Waals surface area (Å²) < 4.78 is 24.6. The third-order valence-electron chi connectivity index (χ3n) is 2.63. The normalized spacial score (nSPS) is 18.0. The number of aromatic carboxylic acids is 1. The van der Waals surface area contributed by atoms with E-state index >= 15 is 0 Å². The van der Waals surface area contributed by atoms with Gasteiger partial charge in [0.1, 0.15) is 0 Å². The van der Waals surface area contributed by atoms with E-state index in [1.807, 2.05) is 0 Å². The monoisotopic (exact) mass is 309 g/mol. The average Bonchev–Trinajstić information content (AvgIpc) is 2.61. The lowest BCUT2D eigenvalue weighted by Crippen LogP contribution is -2.25. The van der Waals surface area contributed by atoms with Gasteiger partial charge in [-0.25, -0.2) is 13.2 Å². The molecule has 5 nitrogen and oxygen atoms in total. The highest BCUT2D eigenvalue weighted by Gasteiger charge is 2.29. The van der Waals surface area contributed by atoms with E-state index in [4.69, 9.17) is 28.3 Å². The maximum absolute atomic E-state index is 11.7.